The molecule has 1 heterocycles. The van der Waals surface area contributed by atoms with E-state index in [0.717, 1.165) is 62.8 Å². The summed E-state index contributed by atoms with van der Waals surface area (Å²) in [5.74, 6) is 0.899. The van der Waals surface area contributed by atoms with Gasteiger partial charge in [-0.15, -0.1) is 6.58 Å². The summed E-state index contributed by atoms with van der Waals surface area (Å²) in [6, 6.07) is 8.54. The van der Waals surface area contributed by atoms with E-state index in [1.807, 2.05) is 31.3 Å². The molecule has 0 aliphatic carbocycles. The zero-order valence-electron chi connectivity index (χ0n) is 14.6. The summed E-state index contributed by atoms with van der Waals surface area (Å²) in [5.41, 5.74) is 1.21. The number of rotatable bonds is 7. The van der Waals surface area contributed by atoms with Crippen LogP contribution in [0.1, 0.15) is 24.8 Å². The van der Waals surface area contributed by atoms with Crippen LogP contribution in [0.4, 0.5) is 0 Å². The molecule has 1 aromatic rings. The van der Waals surface area contributed by atoms with Crippen LogP contribution in [-0.4, -0.2) is 50.1 Å². The number of nitrogens with one attached hydrogen (secondary N) is 2. The van der Waals surface area contributed by atoms with Gasteiger partial charge in [-0.3, -0.25) is 9.89 Å². The van der Waals surface area contributed by atoms with Crippen molar-refractivity contribution >= 4 is 17.6 Å². The van der Waals surface area contributed by atoms with Crippen LogP contribution in [0.5, 0.6) is 0 Å². The predicted octanol–water partition coefficient (Wildman–Crippen LogP) is 3.09. The van der Waals surface area contributed by atoms with Gasteiger partial charge in [-0.1, -0.05) is 35.9 Å². The van der Waals surface area contributed by atoms with Crippen molar-refractivity contribution in [3.05, 3.63) is 47.5 Å². The lowest BCUT2D eigenvalue weighted by molar-refractivity contribution is 0.225. The van der Waals surface area contributed by atoms with E-state index in [4.69, 9.17) is 11.6 Å². The molecule has 0 aromatic heterocycles. The third-order valence-corrected chi connectivity index (χ3v) is 4.78. The first kappa shape index (κ1) is 18.8. The van der Waals surface area contributed by atoms with Crippen LogP contribution in [0, 0.1) is 0 Å². The maximum atomic E-state index is 6.19. The Balaban J connectivity index is 1.66. The zero-order chi connectivity index (χ0) is 17.2. The molecule has 0 unspecified atom stereocenters. The Hall–Kier alpha value is -1.52. The normalized spacial score (nSPS) is 16.8. The first-order valence-corrected chi connectivity index (χ1v) is 9.14. The van der Waals surface area contributed by atoms with Crippen molar-refractivity contribution in [2.24, 2.45) is 4.99 Å². The third-order valence-electron chi connectivity index (χ3n) is 4.41. The lowest BCUT2D eigenvalue weighted by atomic mass is 10.1. The van der Waals surface area contributed by atoms with Gasteiger partial charge in [0.05, 0.1) is 0 Å². The molecule has 0 atom stereocenters. The Kier molecular flexibility index (Phi) is 8.13. The summed E-state index contributed by atoms with van der Waals surface area (Å²) in [6.07, 6.45) is 6.28. The summed E-state index contributed by atoms with van der Waals surface area (Å²) in [7, 11) is 1.83. The van der Waals surface area contributed by atoms with Gasteiger partial charge in [-0.05, 0) is 37.3 Å². The van der Waals surface area contributed by atoms with Crippen LogP contribution in [0.25, 0.3) is 0 Å². The fourth-order valence-electron chi connectivity index (χ4n) is 3.02. The minimum atomic E-state index is 0.501. The quantitative estimate of drug-likeness (QED) is 0.344. The number of likely N-dealkylation sites (tertiary alicyclic amines) is 1. The standard InChI is InChI=1S/C19H29ClN4/c1-3-13-24-14-10-17(11-15-24)23-19(21-2)22-12-6-8-16-7-4-5-9-18(16)20/h3-5,7,9,17H,1,6,8,10-15H2,2H3,(H2,21,22,23). The predicted molar refractivity (Wildman–Crippen MR) is 104 cm³/mol. The van der Waals surface area contributed by atoms with Crippen molar-refractivity contribution in [2.45, 2.75) is 31.7 Å². The summed E-state index contributed by atoms with van der Waals surface area (Å²) in [4.78, 5) is 6.77. The van der Waals surface area contributed by atoms with E-state index in [9.17, 15) is 0 Å². The second-order valence-corrected chi connectivity index (χ2v) is 6.61. The number of hydrogen-bond acceptors (Lipinski definition) is 2. The highest BCUT2D eigenvalue weighted by Crippen LogP contribution is 2.16. The molecule has 132 valence electrons. The van der Waals surface area contributed by atoms with E-state index < -0.39 is 0 Å². The van der Waals surface area contributed by atoms with E-state index in [1.165, 1.54) is 5.56 Å². The van der Waals surface area contributed by atoms with Gasteiger partial charge in [-0.2, -0.15) is 0 Å². The summed E-state index contributed by atoms with van der Waals surface area (Å²) < 4.78 is 0. The number of halogens is 1. The second kappa shape index (κ2) is 10.4. The van der Waals surface area contributed by atoms with Crippen LogP contribution in [0.2, 0.25) is 5.02 Å². The number of piperidine rings is 1. The Morgan fingerprint density at radius 2 is 2.12 bits per heavy atom. The molecule has 1 aliphatic heterocycles. The Morgan fingerprint density at radius 1 is 1.38 bits per heavy atom. The van der Waals surface area contributed by atoms with Crippen molar-refractivity contribution in [1.29, 1.82) is 0 Å². The van der Waals surface area contributed by atoms with E-state index in [-0.39, 0.29) is 0 Å². The van der Waals surface area contributed by atoms with Crippen molar-refractivity contribution in [1.82, 2.24) is 15.5 Å². The highest BCUT2D eigenvalue weighted by atomic mass is 35.5. The number of aliphatic imine (C=N–C) groups is 1. The van der Waals surface area contributed by atoms with Crippen LogP contribution in [-0.2, 0) is 6.42 Å². The Bertz CT molecular complexity index is 536. The average molecular weight is 349 g/mol. The smallest absolute Gasteiger partial charge is 0.191 e. The van der Waals surface area contributed by atoms with Gasteiger partial charge in [0.1, 0.15) is 0 Å². The maximum Gasteiger partial charge on any atom is 0.191 e. The van der Waals surface area contributed by atoms with Crippen LogP contribution in [0.15, 0.2) is 41.9 Å². The highest BCUT2D eigenvalue weighted by Gasteiger charge is 2.18. The molecule has 1 saturated heterocycles. The molecule has 2 rings (SSSR count). The lowest BCUT2D eigenvalue weighted by Crippen LogP contribution is -2.48. The fourth-order valence-corrected chi connectivity index (χ4v) is 3.25. The van der Waals surface area contributed by atoms with E-state index in [0.29, 0.717) is 6.04 Å². The Morgan fingerprint density at radius 3 is 2.79 bits per heavy atom. The molecule has 5 heteroatoms. The van der Waals surface area contributed by atoms with Gasteiger partial charge in [0.2, 0.25) is 0 Å². The molecule has 4 nitrogen and oxygen atoms in total. The first-order valence-electron chi connectivity index (χ1n) is 8.76. The number of benzene rings is 1. The van der Waals surface area contributed by atoms with E-state index >= 15 is 0 Å². The van der Waals surface area contributed by atoms with Crippen LogP contribution >= 0.6 is 11.6 Å². The number of hydrogen-bond donors (Lipinski definition) is 2. The molecule has 0 spiro atoms. The minimum Gasteiger partial charge on any atom is -0.356 e. The van der Waals surface area contributed by atoms with Crippen LogP contribution in [0.3, 0.4) is 0 Å². The SMILES string of the molecule is C=CCN1CCC(NC(=NC)NCCCc2ccccc2Cl)CC1. The van der Waals surface area contributed by atoms with Crippen molar-refractivity contribution in [3.63, 3.8) is 0 Å². The van der Waals surface area contributed by atoms with Gasteiger partial charge in [0.15, 0.2) is 5.96 Å². The van der Waals surface area contributed by atoms with Crippen LogP contribution < -0.4 is 10.6 Å². The second-order valence-electron chi connectivity index (χ2n) is 6.20. The Labute approximate surface area is 151 Å². The van der Waals surface area contributed by atoms with Gasteiger partial charge in [0.25, 0.3) is 0 Å². The molecular weight excluding hydrogens is 320 g/mol. The molecule has 0 bridgehead atoms. The van der Waals surface area contributed by atoms with Gasteiger partial charge >= 0.3 is 0 Å². The zero-order valence-corrected chi connectivity index (χ0v) is 15.4. The van der Waals surface area contributed by atoms with Gasteiger partial charge in [-0.25, -0.2) is 0 Å². The lowest BCUT2D eigenvalue weighted by Gasteiger charge is -2.32. The molecule has 1 aromatic carbocycles. The molecule has 0 saturated carbocycles. The molecule has 0 radical (unpaired) electrons. The largest absolute Gasteiger partial charge is 0.356 e. The minimum absolute atomic E-state index is 0.501. The average Bonchev–Trinajstić information content (AvgIpc) is 2.61. The topological polar surface area (TPSA) is 39.7 Å². The number of guanidine groups is 1. The van der Waals surface area contributed by atoms with Crippen molar-refractivity contribution in [2.75, 3.05) is 33.2 Å². The maximum absolute atomic E-state index is 6.19. The molecule has 0 amide bonds. The molecule has 1 aliphatic rings. The van der Waals surface area contributed by atoms with Gasteiger partial charge < -0.3 is 10.6 Å². The monoisotopic (exact) mass is 348 g/mol. The first-order chi connectivity index (χ1) is 11.7. The summed E-state index contributed by atoms with van der Waals surface area (Å²) in [5, 5.41) is 7.80. The van der Waals surface area contributed by atoms with E-state index in [1.54, 1.807) is 0 Å². The van der Waals surface area contributed by atoms with Crippen molar-refractivity contribution < 1.29 is 0 Å². The highest BCUT2D eigenvalue weighted by molar-refractivity contribution is 6.31. The van der Waals surface area contributed by atoms with E-state index in [2.05, 4.69) is 33.2 Å². The number of nitrogens with zero attached hydrogens (tertiary/aromatic N) is 2. The third kappa shape index (κ3) is 6.17. The summed E-state index contributed by atoms with van der Waals surface area (Å²) in [6.45, 7) is 7.92. The molecule has 1 fully saturated rings. The molecular formula is C19H29ClN4. The van der Waals surface area contributed by atoms with Crippen molar-refractivity contribution in [3.8, 4) is 0 Å². The summed E-state index contributed by atoms with van der Waals surface area (Å²) >= 11 is 6.19. The fraction of sp³-hybridized carbons (Fsp3) is 0.526. The molecule has 24 heavy (non-hydrogen) atoms. The number of aryl methyl sites for hydroxylation is 1. The van der Waals surface area contributed by atoms with Gasteiger partial charge in [0, 0.05) is 44.3 Å². The molecule has 2 N–H and O–H groups in total.